The van der Waals surface area contributed by atoms with Crippen molar-refractivity contribution in [2.24, 2.45) is 5.73 Å². The van der Waals surface area contributed by atoms with Crippen LogP contribution in [0, 0.1) is 0 Å². The molecule has 1 atom stereocenters. The lowest BCUT2D eigenvalue weighted by Crippen LogP contribution is -2.17. The molecule has 0 aliphatic heterocycles. The summed E-state index contributed by atoms with van der Waals surface area (Å²) in [5, 5.41) is 4.23. The average Bonchev–Trinajstić information content (AvgIpc) is 2.61. The summed E-state index contributed by atoms with van der Waals surface area (Å²) in [6.45, 7) is 9.60. The summed E-state index contributed by atoms with van der Waals surface area (Å²) in [6, 6.07) is 0.0922. The van der Waals surface area contributed by atoms with Gasteiger partial charge in [-0.25, -0.2) is 0 Å². The first-order chi connectivity index (χ1) is 6.92. The molecule has 1 unspecified atom stereocenters. The molecule has 15 heavy (non-hydrogen) atoms. The first kappa shape index (κ1) is 12.6. The van der Waals surface area contributed by atoms with Gasteiger partial charge >= 0.3 is 0 Å². The topological polar surface area (TPSA) is 43.8 Å². The van der Waals surface area contributed by atoms with E-state index in [4.69, 9.17) is 5.73 Å². The summed E-state index contributed by atoms with van der Waals surface area (Å²) in [6.07, 6.45) is 3.91. The fourth-order valence-corrected chi connectivity index (χ4v) is 2.05. The fourth-order valence-electron chi connectivity index (χ4n) is 1.18. The van der Waals surface area contributed by atoms with Gasteiger partial charge in [0.15, 0.2) is 0 Å². The standard InChI is InChI=1S/C11H21N3S/c1-5-14-7-9(6-13-14)10(12)8-15-11(2,3)4/h6-7,10H,5,8,12H2,1-4H3. The van der Waals surface area contributed by atoms with Crippen molar-refractivity contribution in [2.75, 3.05) is 5.75 Å². The van der Waals surface area contributed by atoms with Crippen molar-refractivity contribution in [3.63, 3.8) is 0 Å². The molecule has 86 valence electrons. The van der Waals surface area contributed by atoms with Crippen LogP contribution in [0.2, 0.25) is 0 Å². The van der Waals surface area contributed by atoms with Crippen molar-refractivity contribution >= 4 is 11.8 Å². The van der Waals surface area contributed by atoms with E-state index >= 15 is 0 Å². The van der Waals surface area contributed by atoms with E-state index in [1.807, 2.05) is 28.8 Å². The number of rotatable bonds is 4. The minimum Gasteiger partial charge on any atom is -0.323 e. The summed E-state index contributed by atoms with van der Waals surface area (Å²) in [5.41, 5.74) is 7.23. The number of hydrogen-bond acceptors (Lipinski definition) is 3. The van der Waals surface area contributed by atoms with Gasteiger partial charge in [-0.3, -0.25) is 4.68 Å². The maximum absolute atomic E-state index is 6.10. The molecule has 0 aromatic carbocycles. The van der Waals surface area contributed by atoms with Gasteiger partial charge in [-0.05, 0) is 6.92 Å². The van der Waals surface area contributed by atoms with Gasteiger partial charge in [-0.15, -0.1) is 0 Å². The van der Waals surface area contributed by atoms with Gasteiger partial charge < -0.3 is 5.73 Å². The molecule has 0 aliphatic rings. The Hall–Kier alpha value is -0.480. The van der Waals surface area contributed by atoms with Gasteiger partial charge in [-0.2, -0.15) is 16.9 Å². The van der Waals surface area contributed by atoms with Crippen LogP contribution < -0.4 is 5.73 Å². The lowest BCUT2D eigenvalue weighted by molar-refractivity contribution is 0.658. The highest BCUT2D eigenvalue weighted by molar-refractivity contribution is 8.00. The Balaban J connectivity index is 2.50. The minimum atomic E-state index is 0.0922. The normalized spacial score (nSPS) is 14.2. The zero-order valence-corrected chi connectivity index (χ0v) is 10.8. The van der Waals surface area contributed by atoms with E-state index in [9.17, 15) is 0 Å². The summed E-state index contributed by atoms with van der Waals surface area (Å²) >= 11 is 1.89. The van der Waals surface area contributed by atoms with Crippen LogP contribution in [0.1, 0.15) is 39.3 Å². The third-order valence-electron chi connectivity index (χ3n) is 2.10. The predicted octanol–water partition coefficient (Wildman–Crippen LogP) is 2.43. The van der Waals surface area contributed by atoms with Gasteiger partial charge in [0.2, 0.25) is 0 Å². The van der Waals surface area contributed by atoms with Crippen LogP contribution in [0.4, 0.5) is 0 Å². The Morgan fingerprint density at radius 3 is 2.67 bits per heavy atom. The Labute approximate surface area is 96.4 Å². The summed E-state index contributed by atoms with van der Waals surface area (Å²) < 4.78 is 2.19. The second-order valence-corrected chi connectivity index (χ2v) is 6.51. The van der Waals surface area contributed by atoms with Crippen LogP contribution in [-0.4, -0.2) is 20.3 Å². The predicted molar refractivity (Wildman–Crippen MR) is 67.0 cm³/mol. The van der Waals surface area contributed by atoms with Crippen molar-refractivity contribution in [1.82, 2.24) is 9.78 Å². The van der Waals surface area contributed by atoms with Gasteiger partial charge in [0.25, 0.3) is 0 Å². The first-order valence-corrected chi connectivity index (χ1v) is 6.33. The Kier molecular flexibility index (Phi) is 4.22. The monoisotopic (exact) mass is 227 g/mol. The van der Waals surface area contributed by atoms with E-state index in [1.54, 1.807) is 0 Å². The summed E-state index contributed by atoms with van der Waals surface area (Å²) in [4.78, 5) is 0. The number of nitrogens with zero attached hydrogens (tertiary/aromatic N) is 2. The molecule has 1 aromatic heterocycles. The van der Waals surface area contributed by atoms with Gasteiger partial charge in [0.1, 0.15) is 0 Å². The Morgan fingerprint density at radius 1 is 1.53 bits per heavy atom. The molecule has 0 saturated heterocycles. The molecule has 0 aliphatic carbocycles. The van der Waals surface area contributed by atoms with Crippen LogP contribution in [0.15, 0.2) is 12.4 Å². The van der Waals surface area contributed by atoms with Gasteiger partial charge in [-0.1, -0.05) is 20.8 Å². The van der Waals surface area contributed by atoms with E-state index in [1.165, 1.54) is 0 Å². The van der Waals surface area contributed by atoms with E-state index in [0.717, 1.165) is 17.9 Å². The quantitative estimate of drug-likeness (QED) is 0.859. The van der Waals surface area contributed by atoms with Crippen LogP contribution in [0.5, 0.6) is 0 Å². The molecule has 0 spiro atoms. The molecule has 0 bridgehead atoms. The van der Waals surface area contributed by atoms with Crippen molar-refractivity contribution in [3.05, 3.63) is 18.0 Å². The number of aromatic nitrogens is 2. The van der Waals surface area contributed by atoms with Gasteiger partial charge in [0, 0.05) is 34.8 Å². The highest BCUT2D eigenvalue weighted by Gasteiger charge is 2.15. The number of nitrogens with two attached hydrogens (primary N) is 1. The lowest BCUT2D eigenvalue weighted by Gasteiger charge is -2.19. The average molecular weight is 227 g/mol. The van der Waals surface area contributed by atoms with Crippen molar-refractivity contribution < 1.29 is 0 Å². The highest BCUT2D eigenvalue weighted by atomic mass is 32.2. The summed E-state index contributed by atoms with van der Waals surface area (Å²) in [5.74, 6) is 0.943. The molecule has 3 nitrogen and oxygen atoms in total. The SMILES string of the molecule is CCn1cc(C(N)CSC(C)(C)C)cn1. The lowest BCUT2D eigenvalue weighted by atomic mass is 10.2. The van der Waals surface area contributed by atoms with Crippen LogP contribution in [0.25, 0.3) is 0 Å². The van der Waals surface area contributed by atoms with Crippen LogP contribution in [-0.2, 0) is 6.54 Å². The zero-order valence-electron chi connectivity index (χ0n) is 10.0. The molecule has 0 amide bonds. The van der Waals surface area contributed by atoms with E-state index < -0.39 is 0 Å². The molecule has 1 rings (SSSR count). The highest BCUT2D eigenvalue weighted by Crippen LogP contribution is 2.27. The van der Waals surface area contributed by atoms with Crippen LogP contribution in [0.3, 0.4) is 0 Å². The van der Waals surface area contributed by atoms with Crippen LogP contribution >= 0.6 is 11.8 Å². The Bertz CT molecular complexity index is 301. The number of thioether (sulfide) groups is 1. The third kappa shape index (κ3) is 4.26. The van der Waals surface area contributed by atoms with Crippen molar-refractivity contribution in [2.45, 2.75) is 45.0 Å². The second kappa shape index (κ2) is 5.03. The van der Waals surface area contributed by atoms with E-state index in [-0.39, 0.29) is 10.8 Å². The molecule has 0 fully saturated rings. The molecule has 2 N–H and O–H groups in total. The fraction of sp³-hybridized carbons (Fsp3) is 0.727. The molecular formula is C11H21N3S. The molecule has 1 heterocycles. The largest absolute Gasteiger partial charge is 0.323 e. The first-order valence-electron chi connectivity index (χ1n) is 5.34. The Morgan fingerprint density at radius 2 is 2.20 bits per heavy atom. The summed E-state index contributed by atoms with van der Waals surface area (Å²) in [7, 11) is 0. The zero-order chi connectivity index (χ0) is 11.5. The third-order valence-corrected chi connectivity index (χ3v) is 3.49. The second-order valence-electron chi connectivity index (χ2n) is 4.66. The number of aryl methyl sites for hydroxylation is 1. The smallest absolute Gasteiger partial charge is 0.0537 e. The molecular weight excluding hydrogens is 206 g/mol. The molecule has 0 saturated carbocycles. The van der Waals surface area contributed by atoms with Crippen molar-refractivity contribution in [1.29, 1.82) is 0 Å². The van der Waals surface area contributed by atoms with Gasteiger partial charge in [0.05, 0.1) is 6.20 Å². The van der Waals surface area contributed by atoms with E-state index in [2.05, 4.69) is 32.8 Å². The molecule has 0 radical (unpaired) electrons. The minimum absolute atomic E-state index is 0.0922. The maximum Gasteiger partial charge on any atom is 0.0537 e. The number of hydrogen-bond donors (Lipinski definition) is 1. The molecule has 1 aromatic rings. The van der Waals surface area contributed by atoms with E-state index in [0.29, 0.717) is 0 Å². The molecule has 4 heteroatoms. The van der Waals surface area contributed by atoms with Crippen molar-refractivity contribution in [3.8, 4) is 0 Å². The maximum atomic E-state index is 6.10.